The molecule has 0 fully saturated rings. The number of hydrogen-bond donors (Lipinski definition) is 0. The number of thiophene rings is 1. The van der Waals surface area contributed by atoms with Gasteiger partial charge in [-0.25, -0.2) is 9.78 Å². The smallest absolute Gasteiger partial charge is 0.333 e. The Labute approximate surface area is 152 Å². The summed E-state index contributed by atoms with van der Waals surface area (Å²) in [5.74, 6) is 1.44. The van der Waals surface area contributed by atoms with E-state index in [-0.39, 0.29) is 11.2 Å². The van der Waals surface area contributed by atoms with E-state index < -0.39 is 0 Å². The maximum absolute atomic E-state index is 12.9. The van der Waals surface area contributed by atoms with Crippen molar-refractivity contribution in [3.8, 4) is 0 Å². The average molecular weight is 370 g/mol. The highest BCUT2D eigenvalue weighted by Crippen LogP contribution is 2.16. The zero-order valence-corrected chi connectivity index (χ0v) is 15.3. The molecule has 0 N–H and O–H groups in total. The third-order valence-electron chi connectivity index (χ3n) is 4.46. The van der Waals surface area contributed by atoms with E-state index in [0.717, 1.165) is 10.6 Å². The number of rotatable bonds is 5. The van der Waals surface area contributed by atoms with Crippen LogP contribution in [0.25, 0.3) is 11.2 Å². The molecule has 0 saturated heterocycles. The average Bonchev–Trinajstić information content (AvgIpc) is 3.36. The molecular formula is C18H18N4O3S. The Hall–Kier alpha value is -2.87. The highest BCUT2D eigenvalue weighted by atomic mass is 32.1. The number of fused-ring (bicyclic) bond motifs is 1. The first-order chi connectivity index (χ1) is 12.6. The number of furan rings is 1. The molecule has 4 rings (SSSR count). The lowest BCUT2D eigenvalue weighted by atomic mass is 10.3. The quantitative estimate of drug-likeness (QED) is 0.540. The zero-order valence-electron chi connectivity index (χ0n) is 14.5. The van der Waals surface area contributed by atoms with Crippen molar-refractivity contribution in [1.82, 2.24) is 18.7 Å². The lowest BCUT2D eigenvalue weighted by Gasteiger charge is -2.09. The first kappa shape index (κ1) is 16.6. The van der Waals surface area contributed by atoms with Gasteiger partial charge in [-0.2, -0.15) is 0 Å². The molecule has 8 heteroatoms. The number of hydrogen-bond acceptors (Lipinski definition) is 5. The fourth-order valence-corrected chi connectivity index (χ4v) is 3.81. The molecule has 0 saturated carbocycles. The predicted molar refractivity (Wildman–Crippen MR) is 99.8 cm³/mol. The van der Waals surface area contributed by atoms with Gasteiger partial charge in [-0.15, -0.1) is 11.3 Å². The molecular weight excluding hydrogens is 352 g/mol. The molecule has 0 aliphatic rings. The van der Waals surface area contributed by atoms with E-state index in [1.165, 1.54) is 4.57 Å². The topological polar surface area (TPSA) is 75.0 Å². The Morgan fingerprint density at radius 2 is 2.04 bits per heavy atom. The first-order valence-corrected chi connectivity index (χ1v) is 9.21. The van der Waals surface area contributed by atoms with Gasteiger partial charge in [0.1, 0.15) is 11.6 Å². The molecule has 7 nitrogen and oxygen atoms in total. The van der Waals surface area contributed by atoms with Gasteiger partial charge in [0.05, 0.1) is 19.2 Å². The second kappa shape index (κ2) is 6.45. The van der Waals surface area contributed by atoms with Crippen LogP contribution < -0.4 is 11.2 Å². The van der Waals surface area contributed by atoms with Crippen LogP contribution in [0.1, 0.15) is 23.4 Å². The van der Waals surface area contributed by atoms with Gasteiger partial charge in [0.25, 0.3) is 5.56 Å². The molecule has 26 heavy (non-hydrogen) atoms. The second-order valence-corrected chi connectivity index (χ2v) is 7.05. The summed E-state index contributed by atoms with van der Waals surface area (Å²) in [6.45, 7) is 2.51. The Bertz CT molecular complexity index is 1160. The van der Waals surface area contributed by atoms with Gasteiger partial charge in [0.15, 0.2) is 11.2 Å². The standard InChI is InChI=1S/C18H18N4O3S/c1-3-21-17(23)15-16(22(18(21)24)11-13-7-5-9-26-13)19-14(20(15)2)10-12-6-4-8-25-12/h4-9H,3,10-11H2,1-2H3. The Morgan fingerprint density at radius 1 is 1.19 bits per heavy atom. The predicted octanol–water partition coefficient (Wildman–Crippen LogP) is 2.21. The van der Waals surface area contributed by atoms with E-state index in [1.807, 2.05) is 29.6 Å². The minimum absolute atomic E-state index is 0.310. The van der Waals surface area contributed by atoms with Crippen LogP contribution >= 0.6 is 11.3 Å². The summed E-state index contributed by atoms with van der Waals surface area (Å²) >= 11 is 1.57. The van der Waals surface area contributed by atoms with Crippen molar-refractivity contribution in [2.75, 3.05) is 0 Å². The molecule has 4 heterocycles. The summed E-state index contributed by atoms with van der Waals surface area (Å²) in [7, 11) is 1.80. The van der Waals surface area contributed by atoms with Gasteiger partial charge < -0.3 is 8.98 Å². The summed E-state index contributed by atoms with van der Waals surface area (Å²) in [4.78, 5) is 31.4. The van der Waals surface area contributed by atoms with Crippen molar-refractivity contribution in [1.29, 1.82) is 0 Å². The highest BCUT2D eigenvalue weighted by Gasteiger charge is 2.20. The molecule has 134 valence electrons. The van der Waals surface area contributed by atoms with E-state index in [4.69, 9.17) is 4.42 Å². The molecule has 0 unspecified atom stereocenters. The lowest BCUT2D eigenvalue weighted by Crippen LogP contribution is -2.40. The first-order valence-electron chi connectivity index (χ1n) is 8.33. The summed E-state index contributed by atoms with van der Waals surface area (Å²) in [6.07, 6.45) is 2.06. The second-order valence-electron chi connectivity index (χ2n) is 6.01. The molecule has 0 aliphatic heterocycles. The number of nitrogens with zero attached hydrogens (tertiary/aromatic N) is 4. The van der Waals surface area contributed by atoms with Crippen molar-refractivity contribution in [2.45, 2.75) is 26.4 Å². The molecule has 0 radical (unpaired) electrons. The zero-order chi connectivity index (χ0) is 18.3. The van der Waals surface area contributed by atoms with E-state index in [0.29, 0.717) is 36.5 Å². The molecule has 0 aliphatic carbocycles. The maximum Gasteiger partial charge on any atom is 0.333 e. The van der Waals surface area contributed by atoms with E-state index in [2.05, 4.69) is 4.98 Å². The van der Waals surface area contributed by atoms with Crippen LogP contribution in [0.2, 0.25) is 0 Å². The maximum atomic E-state index is 12.9. The molecule has 0 aromatic carbocycles. The Morgan fingerprint density at radius 3 is 2.69 bits per heavy atom. The third-order valence-corrected chi connectivity index (χ3v) is 5.32. The summed E-state index contributed by atoms with van der Waals surface area (Å²) in [6, 6.07) is 7.59. The van der Waals surface area contributed by atoms with Crippen LogP contribution in [0, 0.1) is 0 Å². The van der Waals surface area contributed by atoms with Gasteiger partial charge in [0, 0.05) is 18.5 Å². The minimum atomic E-state index is -0.332. The van der Waals surface area contributed by atoms with Crippen molar-refractivity contribution in [3.05, 3.63) is 73.2 Å². The fraction of sp³-hybridized carbons (Fsp3) is 0.278. The van der Waals surface area contributed by atoms with Gasteiger partial charge in [0.2, 0.25) is 0 Å². The molecule has 0 bridgehead atoms. The lowest BCUT2D eigenvalue weighted by molar-refractivity contribution is 0.515. The van der Waals surface area contributed by atoms with Gasteiger partial charge in [-0.05, 0) is 30.5 Å². The van der Waals surface area contributed by atoms with Crippen LogP contribution in [-0.2, 0) is 26.6 Å². The van der Waals surface area contributed by atoms with Crippen LogP contribution in [-0.4, -0.2) is 18.7 Å². The molecule has 4 aromatic heterocycles. The molecule has 4 aromatic rings. The van der Waals surface area contributed by atoms with E-state index >= 15 is 0 Å². The minimum Gasteiger partial charge on any atom is -0.469 e. The van der Waals surface area contributed by atoms with Crippen LogP contribution in [0.4, 0.5) is 0 Å². The van der Waals surface area contributed by atoms with Crippen LogP contribution in [0.3, 0.4) is 0 Å². The Kier molecular flexibility index (Phi) is 4.12. The highest BCUT2D eigenvalue weighted by molar-refractivity contribution is 7.09. The van der Waals surface area contributed by atoms with Gasteiger partial charge in [-0.1, -0.05) is 6.07 Å². The Balaban J connectivity index is 1.96. The van der Waals surface area contributed by atoms with E-state index in [1.54, 1.807) is 40.7 Å². The van der Waals surface area contributed by atoms with Crippen molar-refractivity contribution in [3.63, 3.8) is 0 Å². The normalized spacial score (nSPS) is 11.5. The summed E-state index contributed by atoms with van der Waals surface area (Å²) in [5.41, 5.74) is 0.211. The van der Waals surface area contributed by atoms with Crippen molar-refractivity contribution < 1.29 is 4.42 Å². The monoisotopic (exact) mass is 370 g/mol. The molecule has 0 spiro atoms. The SMILES string of the molecule is CCn1c(=O)c2c(nc(Cc3ccco3)n2C)n(Cc2cccs2)c1=O. The molecule has 0 amide bonds. The summed E-state index contributed by atoms with van der Waals surface area (Å²) < 4.78 is 10.00. The number of aromatic nitrogens is 4. The summed E-state index contributed by atoms with van der Waals surface area (Å²) in [5, 5.41) is 1.97. The fourth-order valence-electron chi connectivity index (χ4n) is 3.11. The van der Waals surface area contributed by atoms with Crippen molar-refractivity contribution in [2.24, 2.45) is 7.05 Å². The molecule has 0 atom stereocenters. The third kappa shape index (κ3) is 2.62. The number of aryl methyl sites for hydroxylation is 1. The van der Waals surface area contributed by atoms with E-state index in [9.17, 15) is 9.59 Å². The van der Waals surface area contributed by atoms with Crippen molar-refractivity contribution >= 4 is 22.5 Å². The van der Waals surface area contributed by atoms with Crippen LogP contribution in [0.5, 0.6) is 0 Å². The van der Waals surface area contributed by atoms with Crippen LogP contribution in [0.15, 0.2) is 49.9 Å². The largest absolute Gasteiger partial charge is 0.469 e. The number of imidazole rings is 1. The van der Waals surface area contributed by atoms with Gasteiger partial charge >= 0.3 is 5.69 Å². The van der Waals surface area contributed by atoms with Gasteiger partial charge in [-0.3, -0.25) is 13.9 Å².